The van der Waals surface area contributed by atoms with Crippen molar-refractivity contribution in [2.24, 2.45) is 0 Å². The molecular formula is C24H26N4O2S. The average molecular weight is 435 g/mol. The van der Waals surface area contributed by atoms with Crippen LogP contribution in [0, 0.1) is 13.8 Å². The maximum Gasteiger partial charge on any atom is 0.283 e. The van der Waals surface area contributed by atoms with Gasteiger partial charge in [-0.05, 0) is 51.0 Å². The molecule has 0 aliphatic carbocycles. The monoisotopic (exact) mass is 434 g/mol. The molecule has 1 amide bonds. The molecule has 4 aromatic rings. The quantitative estimate of drug-likeness (QED) is 0.360. The highest BCUT2D eigenvalue weighted by Crippen LogP contribution is 2.28. The van der Waals surface area contributed by atoms with E-state index < -0.39 is 0 Å². The van der Waals surface area contributed by atoms with E-state index in [-0.39, 0.29) is 17.2 Å². The van der Waals surface area contributed by atoms with Crippen molar-refractivity contribution in [1.29, 1.82) is 0 Å². The van der Waals surface area contributed by atoms with Crippen LogP contribution in [0.1, 0.15) is 25.0 Å². The second-order valence-electron chi connectivity index (χ2n) is 7.50. The van der Waals surface area contributed by atoms with Crippen molar-refractivity contribution in [3.63, 3.8) is 0 Å². The van der Waals surface area contributed by atoms with Gasteiger partial charge < -0.3 is 9.88 Å². The minimum atomic E-state index is -0.160. The largest absolute Gasteiger partial charge is 0.349 e. The van der Waals surface area contributed by atoms with Crippen molar-refractivity contribution in [1.82, 2.24) is 19.4 Å². The van der Waals surface area contributed by atoms with E-state index in [2.05, 4.69) is 4.98 Å². The highest BCUT2D eigenvalue weighted by molar-refractivity contribution is 7.99. The van der Waals surface area contributed by atoms with Gasteiger partial charge in [0.15, 0.2) is 5.16 Å². The number of fused-ring (bicyclic) bond motifs is 3. The number of aryl methyl sites for hydroxylation is 1. The Morgan fingerprint density at radius 2 is 1.84 bits per heavy atom. The van der Waals surface area contributed by atoms with Gasteiger partial charge in [0, 0.05) is 24.0 Å². The number of amides is 1. The standard InChI is InChI=1S/C24H26N4O2S/c1-5-27(6-2)20(29)14-31-24-26-21-17-11-7-8-12-18(17)25-22(21)23(30)28(24)19-13-9-10-15(3)16(19)4/h7-13,25H,5-6,14H2,1-4H3. The fourth-order valence-electron chi connectivity index (χ4n) is 3.82. The molecular weight excluding hydrogens is 408 g/mol. The SMILES string of the molecule is CCN(CC)C(=O)CSc1nc2c([nH]c3ccccc32)c(=O)n1-c1cccc(C)c1C. The smallest absolute Gasteiger partial charge is 0.283 e. The Kier molecular flexibility index (Phi) is 5.87. The molecule has 0 saturated heterocycles. The van der Waals surface area contributed by atoms with E-state index >= 15 is 0 Å². The number of H-pyrrole nitrogens is 1. The Morgan fingerprint density at radius 3 is 2.58 bits per heavy atom. The lowest BCUT2D eigenvalue weighted by Gasteiger charge is -2.19. The topological polar surface area (TPSA) is 71.0 Å². The van der Waals surface area contributed by atoms with Gasteiger partial charge in [-0.25, -0.2) is 4.98 Å². The maximum absolute atomic E-state index is 13.7. The van der Waals surface area contributed by atoms with E-state index in [0.29, 0.717) is 29.3 Å². The molecule has 6 nitrogen and oxygen atoms in total. The number of nitrogens with zero attached hydrogens (tertiary/aromatic N) is 3. The van der Waals surface area contributed by atoms with Crippen LogP contribution in [0.3, 0.4) is 0 Å². The number of carbonyl (C=O) groups is 1. The number of hydrogen-bond donors (Lipinski definition) is 1. The van der Waals surface area contributed by atoms with E-state index in [1.165, 1.54) is 11.8 Å². The highest BCUT2D eigenvalue weighted by atomic mass is 32.2. The Labute approximate surface area is 185 Å². The van der Waals surface area contributed by atoms with Crippen LogP contribution >= 0.6 is 11.8 Å². The van der Waals surface area contributed by atoms with Gasteiger partial charge in [-0.15, -0.1) is 0 Å². The van der Waals surface area contributed by atoms with Crippen LogP contribution in [-0.4, -0.2) is 44.2 Å². The van der Waals surface area contributed by atoms with Crippen LogP contribution in [0.2, 0.25) is 0 Å². The van der Waals surface area contributed by atoms with Crippen LogP contribution in [0.25, 0.3) is 27.6 Å². The Morgan fingerprint density at radius 1 is 1.10 bits per heavy atom. The van der Waals surface area contributed by atoms with Crippen LogP contribution < -0.4 is 5.56 Å². The van der Waals surface area contributed by atoms with E-state index in [1.807, 2.05) is 70.2 Å². The molecule has 0 saturated carbocycles. The molecule has 0 atom stereocenters. The van der Waals surface area contributed by atoms with Crippen molar-refractivity contribution in [3.05, 3.63) is 63.9 Å². The molecule has 0 bridgehead atoms. The number of aromatic nitrogens is 3. The maximum atomic E-state index is 13.7. The summed E-state index contributed by atoms with van der Waals surface area (Å²) in [5.41, 5.74) is 4.72. The Balaban J connectivity index is 1.93. The minimum Gasteiger partial charge on any atom is -0.349 e. The Hall–Kier alpha value is -3.06. The third kappa shape index (κ3) is 3.74. The molecule has 0 fully saturated rings. The van der Waals surface area contributed by atoms with Crippen molar-refractivity contribution in [2.75, 3.05) is 18.8 Å². The van der Waals surface area contributed by atoms with Gasteiger partial charge >= 0.3 is 0 Å². The van der Waals surface area contributed by atoms with E-state index in [4.69, 9.17) is 4.98 Å². The van der Waals surface area contributed by atoms with Crippen molar-refractivity contribution in [2.45, 2.75) is 32.9 Å². The third-order valence-corrected chi connectivity index (χ3v) is 6.68. The fourth-order valence-corrected chi connectivity index (χ4v) is 4.72. The van der Waals surface area contributed by atoms with Gasteiger partial charge in [0.25, 0.3) is 5.56 Å². The molecule has 0 aliphatic heterocycles. The predicted octanol–water partition coefficient (Wildman–Crippen LogP) is 4.44. The molecule has 2 aromatic heterocycles. The molecule has 31 heavy (non-hydrogen) atoms. The highest BCUT2D eigenvalue weighted by Gasteiger charge is 2.20. The molecule has 7 heteroatoms. The second kappa shape index (κ2) is 8.59. The first-order valence-electron chi connectivity index (χ1n) is 10.5. The second-order valence-corrected chi connectivity index (χ2v) is 8.45. The van der Waals surface area contributed by atoms with Crippen molar-refractivity contribution in [3.8, 4) is 5.69 Å². The molecule has 4 rings (SSSR count). The number of para-hydroxylation sites is 1. The van der Waals surface area contributed by atoms with Gasteiger partial charge in [0.2, 0.25) is 5.91 Å². The fraction of sp³-hybridized carbons (Fsp3) is 0.292. The van der Waals surface area contributed by atoms with Gasteiger partial charge in [-0.1, -0.05) is 42.1 Å². The summed E-state index contributed by atoms with van der Waals surface area (Å²) in [6.45, 7) is 9.28. The number of thioether (sulfide) groups is 1. The number of rotatable bonds is 6. The number of hydrogen-bond acceptors (Lipinski definition) is 4. The lowest BCUT2D eigenvalue weighted by Crippen LogP contribution is -2.32. The first-order valence-corrected chi connectivity index (χ1v) is 11.4. The summed E-state index contributed by atoms with van der Waals surface area (Å²) < 4.78 is 1.64. The molecule has 0 spiro atoms. The number of nitrogens with one attached hydrogen (secondary N) is 1. The lowest BCUT2D eigenvalue weighted by atomic mass is 10.1. The third-order valence-electron chi connectivity index (χ3n) is 5.75. The zero-order chi connectivity index (χ0) is 22.1. The Bertz CT molecular complexity index is 1330. The van der Waals surface area contributed by atoms with E-state index in [0.717, 1.165) is 27.7 Å². The average Bonchev–Trinajstić information content (AvgIpc) is 3.15. The zero-order valence-corrected chi connectivity index (χ0v) is 19.0. The summed E-state index contributed by atoms with van der Waals surface area (Å²) in [5, 5.41) is 1.43. The first kappa shape index (κ1) is 21.2. The number of aromatic amines is 1. The lowest BCUT2D eigenvalue weighted by molar-refractivity contribution is -0.127. The molecule has 0 radical (unpaired) electrons. The normalized spacial score (nSPS) is 11.4. The summed E-state index contributed by atoms with van der Waals surface area (Å²) in [6, 6.07) is 13.7. The van der Waals surface area contributed by atoms with Crippen LogP contribution in [0.4, 0.5) is 0 Å². The zero-order valence-electron chi connectivity index (χ0n) is 18.2. The van der Waals surface area contributed by atoms with Crippen LogP contribution in [0.5, 0.6) is 0 Å². The summed E-state index contributed by atoms with van der Waals surface area (Å²) in [5.74, 6) is 0.267. The molecule has 160 valence electrons. The number of carbonyl (C=O) groups excluding carboxylic acids is 1. The summed E-state index contributed by atoms with van der Waals surface area (Å²) in [6.07, 6.45) is 0. The van der Waals surface area contributed by atoms with Gasteiger partial charge in [0.05, 0.1) is 11.4 Å². The van der Waals surface area contributed by atoms with Crippen molar-refractivity contribution >= 4 is 39.6 Å². The van der Waals surface area contributed by atoms with E-state index in [1.54, 1.807) is 9.47 Å². The molecule has 0 unspecified atom stereocenters. The van der Waals surface area contributed by atoms with Gasteiger partial charge in [-0.2, -0.15) is 0 Å². The number of benzene rings is 2. The molecule has 1 N–H and O–H groups in total. The minimum absolute atomic E-state index is 0.0378. The molecule has 2 aromatic carbocycles. The van der Waals surface area contributed by atoms with Crippen LogP contribution in [0.15, 0.2) is 52.4 Å². The summed E-state index contributed by atoms with van der Waals surface area (Å²) in [4.78, 5) is 36.2. The van der Waals surface area contributed by atoms with Crippen molar-refractivity contribution < 1.29 is 4.79 Å². The van der Waals surface area contributed by atoms with Crippen LogP contribution in [-0.2, 0) is 4.79 Å². The predicted molar refractivity (Wildman–Crippen MR) is 127 cm³/mol. The summed E-state index contributed by atoms with van der Waals surface area (Å²) in [7, 11) is 0. The first-order chi connectivity index (χ1) is 15.0. The molecule has 0 aliphatic rings. The summed E-state index contributed by atoms with van der Waals surface area (Å²) >= 11 is 1.31. The molecule has 2 heterocycles. The van der Waals surface area contributed by atoms with E-state index in [9.17, 15) is 9.59 Å². The van der Waals surface area contributed by atoms with Gasteiger partial charge in [-0.3, -0.25) is 14.2 Å². The van der Waals surface area contributed by atoms with Gasteiger partial charge in [0.1, 0.15) is 11.0 Å².